The summed E-state index contributed by atoms with van der Waals surface area (Å²) in [7, 11) is 0. The molecule has 0 unspecified atom stereocenters. The van der Waals surface area contributed by atoms with Crippen molar-refractivity contribution in [2.24, 2.45) is 5.92 Å². The van der Waals surface area contributed by atoms with Gasteiger partial charge >= 0.3 is 0 Å². The number of likely N-dealkylation sites (tertiary alicyclic amines) is 1. The first-order valence-electron chi connectivity index (χ1n) is 9.24. The van der Waals surface area contributed by atoms with Crippen LogP contribution in [-0.2, 0) is 6.42 Å². The van der Waals surface area contributed by atoms with Crippen LogP contribution in [-0.4, -0.2) is 33.9 Å². The minimum absolute atomic E-state index is 0.0324. The van der Waals surface area contributed by atoms with Crippen LogP contribution in [0.4, 0.5) is 0 Å². The number of fused-ring (bicyclic) bond motifs is 1. The minimum Gasteiger partial charge on any atom is -0.438 e. The second kappa shape index (κ2) is 7.28. The highest BCUT2D eigenvalue weighted by Gasteiger charge is 2.25. The molecule has 1 amide bonds. The maximum atomic E-state index is 12.7. The highest BCUT2D eigenvalue weighted by molar-refractivity contribution is 5.92. The molecule has 134 valence electrons. The number of carbonyl (C=O) groups excluding carboxylic acids is 1. The van der Waals surface area contributed by atoms with Gasteiger partial charge in [-0.25, -0.2) is 4.98 Å². The zero-order valence-corrected chi connectivity index (χ0v) is 15.0. The van der Waals surface area contributed by atoms with E-state index in [-0.39, 0.29) is 5.91 Å². The molecule has 5 nitrogen and oxygen atoms in total. The Morgan fingerprint density at radius 1 is 1.19 bits per heavy atom. The lowest BCUT2D eigenvalue weighted by atomic mass is 9.91. The molecule has 0 N–H and O–H groups in total. The fourth-order valence-corrected chi connectivity index (χ4v) is 3.88. The Morgan fingerprint density at radius 2 is 2.12 bits per heavy atom. The maximum absolute atomic E-state index is 12.7. The van der Waals surface area contributed by atoms with E-state index in [4.69, 9.17) is 4.42 Å². The number of carbonyl (C=O) groups is 1. The summed E-state index contributed by atoms with van der Waals surface area (Å²) < 4.78 is 5.28. The van der Waals surface area contributed by atoms with Crippen molar-refractivity contribution in [1.29, 1.82) is 0 Å². The van der Waals surface area contributed by atoms with Gasteiger partial charge in [-0.2, -0.15) is 0 Å². The predicted molar refractivity (Wildman–Crippen MR) is 99.9 cm³/mol. The topological polar surface area (TPSA) is 59.2 Å². The maximum Gasteiger partial charge on any atom is 0.291 e. The van der Waals surface area contributed by atoms with Gasteiger partial charge in [-0.05, 0) is 56.2 Å². The molecule has 1 aliphatic rings. The predicted octanol–water partition coefficient (Wildman–Crippen LogP) is 4.02. The van der Waals surface area contributed by atoms with Crippen LogP contribution in [0.1, 0.15) is 41.1 Å². The van der Waals surface area contributed by atoms with Crippen molar-refractivity contribution in [3.05, 3.63) is 59.9 Å². The smallest absolute Gasteiger partial charge is 0.291 e. The highest BCUT2D eigenvalue weighted by Crippen LogP contribution is 2.26. The molecule has 0 radical (unpaired) electrons. The second-order valence-electron chi connectivity index (χ2n) is 7.05. The van der Waals surface area contributed by atoms with Crippen LogP contribution in [0.2, 0.25) is 0 Å². The van der Waals surface area contributed by atoms with Crippen molar-refractivity contribution in [3.63, 3.8) is 0 Å². The molecular weight excluding hydrogens is 326 g/mol. The van der Waals surface area contributed by atoms with Gasteiger partial charge in [0.2, 0.25) is 5.76 Å². The number of aryl methyl sites for hydroxylation is 1. The molecule has 0 bridgehead atoms. The third kappa shape index (κ3) is 3.34. The van der Waals surface area contributed by atoms with Crippen molar-refractivity contribution in [3.8, 4) is 0 Å². The Hall–Kier alpha value is -2.69. The van der Waals surface area contributed by atoms with E-state index in [0.29, 0.717) is 17.4 Å². The Balaban J connectivity index is 1.45. The minimum atomic E-state index is -0.0324. The molecule has 5 heteroatoms. The van der Waals surface area contributed by atoms with Gasteiger partial charge in [0, 0.05) is 24.7 Å². The molecule has 26 heavy (non-hydrogen) atoms. The molecule has 1 fully saturated rings. The molecule has 1 saturated heterocycles. The Kier molecular flexibility index (Phi) is 4.69. The number of rotatable bonds is 3. The van der Waals surface area contributed by atoms with E-state index in [1.54, 1.807) is 0 Å². The van der Waals surface area contributed by atoms with Crippen molar-refractivity contribution in [2.45, 2.75) is 32.6 Å². The monoisotopic (exact) mass is 349 g/mol. The molecule has 4 rings (SSSR count). The van der Waals surface area contributed by atoms with Gasteiger partial charge in [-0.3, -0.25) is 9.78 Å². The van der Waals surface area contributed by atoms with Gasteiger partial charge in [0.1, 0.15) is 0 Å². The fourth-order valence-electron chi connectivity index (χ4n) is 3.88. The first-order chi connectivity index (χ1) is 12.7. The van der Waals surface area contributed by atoms with Gasteiger partial charge in [0.05, 0.1) is 11.2 Å². The number of amides is 1. The van der Waals surface area contributed by atoms with Gasteiger partial charge < -0.3 is 9.32 Å². The van der Waals surface area contributed by atoms with Crippen LogP contribution >= 0.6 is 0 Å². The third-order valence-electron chi connectivity index (χ3n) is 5.32. The quantitative estimate of drug-likeness (QED) is 0.717. The summed E-state index contributed by atoms with van der Waals surface area (Å²) in [5, 5.41) is 1.24. The zero-order valence-electron chi connectivity index (χ0n) is 15.0. The molecule has 1 aliphatic heterocycles. The van der Waals surface area contributed by atoms with E-state index >= 15 is 0 Å². The first kappa shape index (κ1) is 16.8. The molecule has 0 spiro atoms. The normalized spacial score (nSPS) is 18.0. The van der Waals surface area contributed by atoms with E-state index in [1.165, 1.54) is 17.3 Å². The number of hydrogen-bond donors (Lipinski definition) is 0. The van der Waals surface area contributed by atoms with Gasteiger partial charge in [0.15, 0.2) is 6.39 Å². The second-order valence-corrected chi connectivity index (χ2v) is 7.05. The summed E-state index contributed by atoms with van der Waals surface area (Å²) >= 11 is 0. The lowest BCUT2D eigenvalue weighted by Gasteiger charge is -2.19. The Labute approximate surface area is 153 Å². The van der Waals surface area contributed by atoms with Crippen LogP contribution in [0, 0.1) is 12.8 Å². The van der Waals surface area contributed by atoms with Crippen LogP contribution < -0.4 is 0 Å². The highest BCUT2D eigenvalue weighted by atomic mass is 16.3. The lowest BCUT2D eigenvalue weighted by Crippen LogP contribution is -2.32. The Morgan fingerprint density at radius 3 is 2.96 bits per heavy atom. The average Bonchev–Trinajstić information content (AvgIpc) is 2.95. The van der Waals surface area contributed by atoms with E-state index in [2.05, 4.69) is 34.2 Å². The van der Waals surface area contributed by atoms with Crippen LogP contribution in [0.15, 0.2) is 47.3 Å². The molecular formula is C21H23N3O2. The van der Waals surface area contributed by atoms with Crippen molar-refractivity contribution in [2.75, 3.05) is 13.1 Å². The van der Waals surface area contributed by atoms with E-state index in [1.807, 2.05) is 24.1 Å². The molecule has 1 aromatic carbocycles. The fraction of sp³-hybridized carbons (Fsp3) is 0.381. The summed E-state index contributed by atoms with van der Waals surface area (Å²) in [5.41, 5.74) is 3.07. The lowest BCUT2D eigenvalue weighted by molar-refractivity contribution is 0.0727. The zero-order chi connectivity index (χ0) is 17.9. The van der Waals surface area contributed by atoms with Gasteiger partial charge in [-0.15, -0.1) is 0 Å². The van der Waals surface area contributed by atoms with E-state index in [0.717, 1.165) is 44.3 Å². The molecule has 3 heterocycles. The number of oxazole rings is 1. The molecule has 2 aromatic heterocycles. The molecule has 3 aromatic rings. The number of hydrogen-bond acceptors (Lipinski definition) is 4. The van der Waals surface area contributed by atoms with E-state index < -0.39 is 0 Å². The summed E-state index contributed by atoms with van der Waals surface area (Å²) in [6.45, 7) is 3.37. The number of nitrogens with zero attached hydrogens (tertiary/aromatic N) is 3. The molecule has 0 saturated carbocycles. The summed E-state index contributed by atoms with van der Waals surface area (Å²) in [6.07, 6.45) is 7.38. The van der Waals surface area contributed by atoms with Gasteiger partial charge in [-0.1, -0.05) is 18.2 Å². The number of aromatic nitrogens is 2. The van der Waals surface area contributed by atoms with Crippen LogP contribution in [0.3, 0.4) is 0 Å². The van der Waals surface area contributed by atoms with Crippen molar-refractivity contribution in [1.82, 2.24) is 14.9 Å². The van der Waals surface area contributed by atoms with E-state index in [9.17, 15) is 4.79 Å². The standard InChI is InChI=1S/C21H23N3O2/c1-15-20(26-14-23-15)21(25)24-11-4-5-16(9-12-24)13-17-6-2-8-19-18(17)7-3-10-22-19/h2-3,6-8,10,14,16H,4-5,9,11-13H2,1H3/t16-/m0/s1. The third-order valence-corrected chi connectivity index (χ3v) is 5.32. The first-order valence-corrected chi connectivity index (χ1v) is 9.24. The average molecular weight is 349 g/mol. The van der Waals surface area contributed by atoms with Crippen molar-refractivity contribution < 1.29 is 9.21 Å². The van der Waals surface area contributed by atoms with Crippen LogP contribution in [0.25, 0.3) is 10.9 Å². The SMILES string of the molecule is Cc1ncoc1C(=O)N1CCC[C@H](Cc2cccc3ncccc23)CC1. The Bertz CT molecular complexity index is 913. The van der Waals surface area contributed by atoms with Crippen LogP contribution in [0.5, 0.6) is 0 Å². The molecule has 1 atom stereocenters. The number of benzene rings is 1. The molecule has 0 aliphatic carbocycles. The van der Waals surface area contributed by atoms with Gasteiger partial charge in [0.25, 0.3) is 5.91 Å². The summed E-state index contributed by atoms with van der Waals surface area (Å²) in [5.74, 6) is 0.924. The van der Waals surface area contributed by atoms with Crippen molar-refractivity contribution >= 4 is 16.8 Å². The largest absolute Gasteiger partial charge is 0.438 e. The number of pyridine rings is 1. The summed E-state index contributed by atoms with van der Waals surface area (Å²) in [4.78, 5) is 23.1. The summed E-state index contributed by atoms with van der Waals surface area (Å²) in [6, 6.07) is 10.5.